The number of hydrogen-bond acceptors (Lipinski definition) is 4. The highest BCUT2D eigenvalue weighted by molar-refractivity contribution is 5.98. The van der Waals surface area contributed by atoms with Gasteiger partial charge in [0.25, 0.3) is 5.91 Å². The van der Waals surface area contributed by atoms with E-state index in [0.29, 0.717) is 24.5 Å². The minimum Gasteiger partial charge on any atom is -0.493 e. The second-order valence-corrected chi connectivity index (χ2v) is 7.58. The van der Waals surface area contributed by atoms with Gasteiger partial charge in [-0.15, -0.1) is 0 Å². The zero-order valence-corrected chi connectivity index (χ0v) is 17.9. The molecule has 1 aliphatic heterocycles. The zero-order chi connectivity index (χ0) is 21.3. The fourth-order valence-corrected chi connectivity index (χ4v) is 3.65. The van der Waals surface area contributed by atoms with Gasteiger partial charge < -0.3 is 19.9 Å². The van der Waals surface area contributed by atoms with Gasteiger partial charge in [-0.2, -0.15) is 0 Å². The number of piperidine rings is 1. The van der Waals surface area contributed by atoms with Crippen LogP contribution in [0.3, 0.4) is 0 Å². The molecule has 0 spiro atoms. The minimum absolute atomic E-state index is 0.0539. The van der Waals surface area contributed by atoms with Crippen LogP contribution >= 0.6 is 0 Å². The maximum Gasteiger partial charge on any atom is 0.255 e. The number of carbonyl (C=O) groups excluding carboxylic acids is 2. The fourth-order valence-electron chi connectivity index (χ4n) is 3.65. The van der Waals surface area contributed by atoms with Gasteiger partial charge in [-0.1, -0.05) is 24.3 Å². The second-order valence-electron chi connectivity index (χ2n) is 7.58. The van der Waals surface area contributed by atoms with E-state index in [4.69, 9.17) is 4.74 Å². The third-order valence-electron chi connectivity index (χ3n) is 5.33. The highest BCUT2D eigenvalue weighted by Crippen LogP contribution is 2.21. The number of anilines is 1. The molecule has 0 aliphatic carbocycles. The normalized spacial score (nSPS) is 13.6. The van der Waals surface area contributed by atoms with Gasteiger partial charge in [0.1, 0.15) is 5.75 Å². The molecule has 1 fully saturated rings. The number of rotatable bonds is 8. The number of para-hydroxylation sites is 1. The van der Waals surface area contributed by atoms with Crippen molar-refractivity contribution in [1.29, 1.82) is 0 Å². The van der Waals surface area contributed by atoms with E-state index >= 15 is 0 Å². The molecule has 1 saturated heterocycles. The molecule has 1 heterocycles. The van der Waals surface area contributed by atoms with Crippen molar-refractivity contribution in [2.75, 3.05) is 38.2 Å². The molecule has 3 rings (SSSR count). The molecule has 0 radical (unpaired) electrons. The Hall–Kier alpha value is -3.02. The van der Waals surface area contributed by atoms with Crippen LogP contribution in [0, 0.1) is 0 Å². The molecule has 30 heavy (non-hydrogen) atoms. The molecule has 6 nitrogen and oxygen atoms in total. The van der Waals surface area contributed by atoms with Gasteiger partial charge in [0.05, 0.1) is 18.7 Å². The van der Waals surface area contributed by atoms with Gasteiger partial charge in [-0.25, -0.2) is 0 Å². The Balaban J connectivity index is 1.50. The number of benzene rings is 2. The fraction of sp³-hybridized carbons (Fsp3) is 0.417. The summed E-state index contributed by atoms with van der Waals surface area (Å²) in [7, 11) is 1.75. The van der Waals surface area contributed by atoms with Crippen molar-refractivity contribution in [3.05, 3.63) is 59.7 Å². The summed E-state index contributed by atoms with van der Waals surface area (Å²) >= 11 is 0. The molecule has 6 heteroatoms. The van der Waals surface area contributed by atoms with Crippen molar-refractivity contribution in [1.82, 2.24) is 10.2 Å². The van der Waals surface area contributed by atoms with Crippen molar-refractivity contribution < 1.29 is 14.3 Å². The summed E-state index contributed by atoms with van der Waals surface area (Å²) in [4.78, 5) is 29.0. The molecule has 0 aromatic heterocycles. The van der Waals surface area contributed by atoms with Gasteiger partial charge in [-0.05, 0) is 56.0 Å². The van der Waals surface area contributed by atoms with Crippen LogP contribution in [0.1, 0.15) is 42.1 Å². The molecule has 1 aliphatic rings. The molecule has 0 atom stereocenters. The van der Waals surface area contributed by atoms with E-state index in [9.17, 15) is 9.59 Å². The highest BCUT2D eigenvalue weighted by Gasteiger charge is 2.16. The number of nitrogens with one attached hydrogen (secondary N) is 1. The van der Waals surface area contributed by atoms with Gasteiger partial charge in [0.2, 0.25) is 5.91 Å². The van der Waals surface area contributed by atoms with Gasteiger partial charge in [-0.3, -0.25) is 9.59 Å². The summed E-state index contributed by atoms with van der Waals surface area (Å²) in [5.74, 6) is 0.0659. The van der Waals surface area contributed by atoms with Crippen molar-refractivity contribution in [3.8, 4) is 5.75 Å². The van der Waals surface area contributed by atoms with Gasteiger partial charge in [0, 0.05) is 32.4 Å². The van der Waals surface area contributed by atoms with E-state index in [2.05, 4.69) is 34.5 Å². The van der Waals surface area contributed by atoms with Crippen LogP contribution in [-0.4, -0.2) is 50.0 Å². The molecular formula is C24H31N3O3. The van der Waals surface area contributed by atoms with E-state index in [1.54, 1.807) is 30.1 Å². The van der Waals surface area contributed by atoms with E-state index in [1.165, 1.54) is 24.9 Å². The van der Waals surface area contributed by atoms with Crippen LogP contribution in [0.2, 0.25) is 0 Å². The summed E-state index contributed by atoms with van der Waals surface area (Å²) in [5, 5.41) is 2.70. The summed E-state index contributed by atoms with van der Waals surface area (Å²) in [6, 6.07) is 15.4. The molecule has 0 saturated carbocycles. The van der Waals surface area contributed by atoms with Crippen LogP contribution in [0.4, 0.5) is 5.69 Å². The Bertz CT molecular complexity index is 845. The quantitative estimate of drug-likeness (QED) is 0.725. The predicted octanol–water partition coefficient (Wildman–Crippen LogP) is 3.46. The second kappa shape index (κ2) is 10.7. The van der Waals surface area contributed by atoms with Crippen LogP contribution < -0.4 is 15.0 Å². The van der Waals surface area contributed by atoms with E-state index in [-0.39, 0.29) is 18.4 Å². The minimum atomic E-state index is -0.313. The van der Waals surface area contributed by atoms with Crippen molar-refractivity contribution in [3.63, 3.8) is 0 Å². The van der Waals surface area contributed by atoms with E-state index < -0.39 is 0 Å². The number of hydrogen-bond donors (Lipinski definition) is 1. The Labute approximate surface area is 178 Å². The summed E-state index contributed by atoms with van der Waals surface area (Å²) in [6.07, 6.45) is 3.81. The zero-order valence-electron chi connectivity index (χ0n) is 17.9. The molecule has 0 unspecified atom stereocenters. The lowest BCUT2D eigenvalue weighted by atomic mass is 10.1. The lowest BCUT2D eigenvalue weighted by Crippen LogP contribution is -2.38. The van der Waals surface area contributed by atoms with E-state index in [0.717, 1.165) is 18.7 Å². The monoisotopic (exact) mass is 409 g/mol. The number of ether oxygens (including phenoxy) is 1. The topological polar surface area (TPSA) is 61.9 Å². The number of likely N-dealkylation sites (N-methyl/N-ethyl adjacent to an activating group) is 1. The highest BCUT2D eigenvalue weighted by atomic mass is 16.5. The maximum atomic E-state index is 12.5. The summed E-state index contributed by atoms with van der Waals surface area (Å²) in [5.41, 5.74) is 2.75. The number of amides is 2. The maximum absolute atomic E-state index is 12.5. The third-order valence-corrected chi connectivity index (χ3v) is 5.33. The Morgan fingerprint density at radius 1 is 1.03 bits per heavy atom. The van der Waals surface area contributed by atoms with Crippen LogP contribution in [-0.2, 0) is 11.3 Å². The SMILES string of the molecule is CCOc1ccccc1C(=O)NCC(=O)N(C)Cc1ccc(N2CCCCC2)cc1. The molecule has 2 aromatic carbocycles. The Kier molecular flexibility index (Phi) is 7.71. The molecule has 160 valence electrons. The standard InChI is InChI=1S/C24H31N3O3/c1-3-30-22-10-6-5-9-21(22)24(29)25-17-23(28)26(2)18-19-11-13-20(14-12-19)27-15-7-4-8-16-27/h5-6,9-14H,3-4,7-8,15-18H2,1-2H3,(H,25,29). The smallest absolute Gasteiger partial charge is 0.255 e. The third kappa shape index (κ3) is 5.75. The molecular weight excluding hydrogens is 378 g/mol. The van der Waals surface area contributed by atoms with Gasteiger partial charge >= 0.3 is 0 Å². The molecule has 0 bridgehead atoms. The van der Waals surface area contributed by atoms with Gasteiger partial charge in [0.15, 0.2) is 0 Å². The number of nitrogens with zero attached hydrogens (tertiary/aromatic N) is 2. The first-order valence-electron chi connectivity index (χ1n) is 10.7. The van der Waals surface area contributed by atoms with Crippen molar-refractivity contribution >= 4 is 17.5 Å². The molecule has 2 amide bonds. The summed E-state index contributed by atoms with van der Waals surface area (Å²) in [6.45, 7) is 5.02. The van der Waals surface area contributed by atoms with Crippen molar-refractivity contribution in [2.24, 2.45) is 0 Å². The van der Waals surface area contributed by atoms with E-state index in [1.807, 2.05) is 13.0 Å². The van der Waals surface area contributed by atoms with Crippen molar-refractivity contribution in [2.45, 2.75) is 32.7 Å². The lowest BCUT2D eigenvalue weighted by molar-refractivity contribution is -0.129. The average Bonchev–Trinajstić information content (AvgIpc) is 2.79. The first-order chi connectivity index (χ1) is 14.6. The average molecular weight is 410 g/mol. The summed E-state index contributed by atoms with van der Waals surface area (Å²) < 4.78 is 5.49. The lowest BCUT2D eigenvalue weighted by Gasteiger charge is -2.29. The number of carbonyl (C=O) groups is 2. The molecule has 2 aromatic rings. The first kappa shape index (κ1) is 21.7. The van der Waals surface area contributed by atoms with Crippen LogP contribution in [0.15, 0.2) is 48.5 Å². The largest absolute Gasteiger partial charge is 0.493 e. The Morgan fingerprint density at radius 2 is 1.73 bits per heavy atom. The first-order valence-corrected chi connectivity index (χ1v) is 10.7. The Morgan fingerprint density at radius 3 is 2.43 bits per heavy atom. The molecule has 1 N–H and O–H groups in total. The van der Waals surface area contributed by atoms with Crippen LogP contribution in [0.5, 0.6) is 5.75 Å². The van der Waals surface area contributed by atoms with Crippen LogP contribution in [0.25, 0.3) is 0 Å². The predicted molar refractivity (Wildman–Crippen MR) is 119 cm³/mol.